The average molecular weight is 308 g/mol. The highest BCUT2D eigenvalue weighted by Gasteiger charge is 2.04. The number of nitrogens with one attached hydrogen (secondary N) is 1. The molecule has 0 saturated heterocycles. The zero-order valence-corrected chi connectivity index (χ0v) is 13.3. The van der Waals surface area contributed by atoms with Gasteiger partial charge in [0.2, 0.25) is 0 Å². The smallest absolute Gasteiger partial charge is 0.0470 e. The van der Waals surface area contributed by atoms with Crippen molar-refractivity contribution in [3.8, 4) is 0 Å². The highest BCUT2D eigenvalue weighted by Crippen LogP contribution is 2.23. The SMILES string of the molecule is CCC(C)c1ccc(NCc2ccc(Cl)cc2Cl)cc1. The van der Waals surface area contributed by atoms with Gasteiger partial charge in [-0.25, -0.2) is 0 Å². The number of hydrogen-bond acceptors (Lipinski definition) is 1. The van der Waals surface area contributed by atoms with Crippen LogP contribution in [0.5, 0.6) is 0 Å². The molecule has 2 rings (SSSR count). The molecule has 0 aliphatic carbocycles. The van der Waals surface area contributed by atoms with E-state index in [9.17, 15) is 0 Å². The van der Waals surface area contributed by atoms with Crippen molar-refractivity contribution < 1.29 is 0 Å². The van der Waals surface area contributed by atoms with Crippen molar-refractivity contribution in [2.24, 2.45) is 0 Å². The molecule has 1 unspecified atom stereocenters. The van der Waals surface area contributed by atoms with Gasteiger partial charge in [-0.1, -0.05) is 55.2 Å². The predicted molar refractivity (Wildman–Crippen MR) is 88.9 cm³/mol. The second-order valence-electron chi connectivity index (χ2n) is 5.02. The third-order valence-corrected chi connectivity index (χ3v) is 4.18. The molecule has 0 fully saturated rings. The van der Waals surface area contributed by atoms with Crippen molar-refractivity contribution in [2.45, 2.75) is 32.7 Å². The topological polar surface area (TPSA) is 12.0 Å². The molecule has 20 heavy (non-hydrogen) atoms. The first-order valence-corrected chi connectivity index (χ1v) is 7.63. The van der Waals surface area contributed by atoms with Crippen molar-refractivity contribution in [3.05, 3.63) is 63.6 Å². The highest BCUT2D eigenvalue weighted by molar-refractivity contribution is 6.35. The van der Waals surface area contributed by atoms with Crippen molar-refractivity contribution in [3.63, 3.8) is 0 Å². The van der Waals surface area contributed by atoms with Gasteiger partial charge in [-0.2, -0.15) is 0 Å². The first kappa shape index (κ1) is 15.2. The Hall–Kier alpha value is -1.18. The van der Waals surface area contributed by atoms with Gasteiger partial charge < -0.3 is 5.32 Å². The lowest BCUT2D eigenvalue weighted by Gasteiger charge is -2.12. The largest absolute Gasteiger partial charge is 0.381 e. The van der Waals surface area contributed by atoms with Gasteiger partial charge in [-0.05, 0) is 47.7 Å². The molecule has 0 aliphatic heterocycles. The van der Waals surface area contributed by atoms with Crippen molar-refractivity contribution >= 4 is 28.9 Å². The van der Waals surface area contributed by atoms with Gasteiger partial charge in [-0.15, -0.1) is 0 Å². The van der Waals surface area contributed by atoms with E-state index in [1.807, 2.05) is 12.1 Å². The second kappa shape index (κ2) is 7.01. The van der Waals surface area contributed by atoms with E-state index in [1.54, 1.807) is 6.07 Å². The Morgan fingerprint density at radius 3 is 2.35 bits per heavy atom. The summed E-state index contributed by atoms with van der Waals surface area (Å²) in [6.45, 7) is 5.15. The maximum Gasteiger partial charge on any atom is 0.0470 e. The first-order valence-electron chi connectivity index (χ1n) is 6.88. The molecule has 0 amide bonds. The Kier molecular flexibility index (Phi) is 5.33. The molecule has 0 bridgehead atoms. The van der Waals surface area contributed by atoms with Gasteiger partial charge >= 0.3 is 0 Å². The van der Waals surface area contributed by atoms with Crippen LogP contribution in [0, 0.1) is 0 Å². The van der Waals surface area contributed by atoms with Crippen LogP contribution in [0.15, 0.2) is 42.5 Å². The molecule has 0 spiro atoms. The molecular weight excluding hydrogens is 289 g/mol. The Bertz CT molecular complexity index is 564. The van der Waals surface area contributed by atoms with E-state index in [4.69, 9.17) is 23.2 Å². The van der Waals surface area contributed by atoms with E-state index in [2.05, 4.69) is 43.4 Å². The van der Waals surface area contributed by atoms with E-state index in [-0.39, 0.29) is 0 Å². The zero-order chi connectivity index (χ0) is 14.5. The van der Waals surface area contributed by atoms with Crippen molar-refractivity contribution in [1.29, 1.82) is 0 Å². The summed E-state index contributed by atoms with van der Waals surface area (Å²) < 4.78 is 0. The minimum Gasteiger partial charge on any atom is -0.381 e. The van der Waals surface area contributed by atoms with E-state index in [0.29, 0.717) is 22.5 Å². The molecule has 0 aromatic heterocycles. The molecule has 0 aliphatic rings. The molecule has 3 heteroatoms. The number of halogens is 2. The molecule has 1 N–H and O–H groups in total. The fourth-order valence-corrected chi connectivity index (χ4v) is 2.50. The van der Waals surface area contributed by atoms with Crippen LogP contribution in [0.4, 0.5) is 5.69 Å². The van der Waals surface area contributed by atoms with Crippen LogP contribution >= 0.6 is 23.2 Å². The third kappa shape index (κ3) is 3.91. The van der Waals surface area contributed by atoms with Crippen LogP contribution in [0.2, 0.25) is 10.0 Å². The normalized spacial score (nSPS) is 12.2. The molecule has 106 valence electrons. The molecule has 0 radical (unpaired) electrons. The lowest BCUT2D eigenvalue weighted by atomic mass is 9.99. The van der Waals surface area contributed by atoms with Gasteiger partial charge in [0.05, 0.1) is 0 Å². The van der Waals surface area contributed by atoms with E-state index in [0.717, 1.165) is 17.7 Å². The maximum atomic E-state index is 6.16. The van der Waals surface area contributed by atoms with E-state index in [1.165, 1.54) is 5.56 Å². The second-order valence-corrected chi connectivity index (χ2v) is 5.86. The Morgan fingerprint density at radius 1 is 1.05 bits per heavy atom. The Balaban J connectivity index is 2.00. The third-order valence-electron chi connectivity index (χ3n) is 3.59. The van der Waals surface area contributed by atoms with Crippen LogP contribution in [-0.4, -0.2) is 0 Å². The van der Waals surface area contributed by atoms with Crippen LogP contribution < -0.4 is 5.32 Å². The van der Waals surface area contributed by atoms with Crippen molar-refractivity contribution in [1.82, 2.24) is 0 Å². The molecule has 0 saturated carbocycles. The minimum atomic E-state index is 0.606. The Labute approximate surface area is 130 Å². The number of anilines is 1. The molecular formula is C17H19Cl2N. The summed E-state index contributed by atoms with van der Waals surface area (Å²) in [6.07, 6.45) is 1.16. The van der Waals surface area contributed by atoms with Gasteiger partial charge in [-0.3, -0.25) is 0 Å². The standard InChI is InChI=1S/C17H19Cl2N/c1-3-12(2)13-5-8-16(9-6-13)20-11-14-4-7-15(18)10-17(14)19/h4-10,12,20H,3,11H2,1-2H3. The zero-order valence-electron chi connectivity index (χ0n) is 11.8. The first-order chi connectivity index (χ1) is 9.60. The van der Waals surface area contributed by atoms with Gasteiger partial charge in [0.1, 0.15) is 0 Å². The summed E-state index contributed by atoms with van der Waals surface area (Å²) in [4.78, 5) is 0. The van der Waals surface area contributed by atoms with Gasteiger partial charge in [0, 0.05) is 22.3 Å². The van der Waals surface area contributed by atoms with Crippen LogP contribution in [-0.2, 0) is 6.54 Å². The number of rotatable bonds is 5. The lowest BCUT2D eigenvalue weighted by molar-refractivity contribution is 0.734. The average Bonchev–Trinajstić information content (AvgIpc) is 2.46. The predicted octanol–water partition coefficient (Wildman–Crippen LogP) is 6.12. The minimum absolute atomic E-state index is 0.606. The quantitative estimate of drug-likeness (QED) is 0.701. The summed E-state index contributed by atoms with van der Waals surface area (Å²) in [6, 6.07) is 14.2. The maximum absolute atomic E-state index is 6.16. The lowest BCUT2D eigenvalue weighted by Crippen LogP contribution is -2.00. The molecule has 1 atom stereocenters. The molecule has 0 heterocycles. The van der Waals surface area contributed by atoms with Crippen LogP contribution in [0.3, 0.4) is 0 Å². The van der Waals surface area contributed by atoms with Gasteiger partial charge in [0.25, 0.3) is 0 Å². The van der Waals surface area contributed by atoms with E-state index < -0.39 is 0 Å². The molecule has 2 aromatic carbocycles. The van der Waals surface area contributed by atoms with E-state index >= 15 is 0 Å². The van der Waals surface area contributed by atoms with Crippen LogP contribution in [0.25, 0.3) is 0 Å². The molecule has 2 aromatic rings. The summed E-state index contributed by atoms with van der Waals surface area (Å²) in [7, 11) is 0. The van der Waals surface area contributed by atoms with Crippen LogP contribution in [0.1, 0.15) is 37.3 Å². The fourth-order valence-electron chi connectivity index (χ4n) is 2.03. The number of benzene rings is 2. The summed E-state index contributed by atoms with van der Waals surface area (Å²) in [5.41, 5.74) is 3.52. The molecule has 1 nitrogen and oxygen atoms in total. The summed E-state index contributed by atoms with van der Waals surface area (Å²) in [5.74, 6) is 0.606. The highest BCUT2D eigenvalue weighted by atomic mass is 35.5. The number of hydrogen-bond donors (Lipinski definition) is 1. The fraction of sp³-hybridized carbons (Fsp3) is 0.294. The van der Waals surface area contributed by atoms with Gasteiger partial charge in [0.15, 0.2) is 0 Å². The summed E-state index contributed by atoms with van der Waals surface area (Å²) >= 11 is 12.0. The summed E-state index contributed by atoms with van der Waals surface area (Å²) in [5, 5.41) is 4.74. The Morgan fingerprint density at radius 2 is 1.75 bits per heavy atom. The monoisotopic (exact) mass is 307 g/mol. The van der Waals surface area contributed by atoms with Crippen molar-refractivity contribution in [2.75, 3.05) is 5.32 Å².